The van der Waals surface area contributed by atoms with Crippen LogP contribution in [0.1, 0.15) is 59.8 Å². The van der Waals surface area contributed by atoms with E-state index in [-0.39, 0.29) is 23.2 Å². The Morgan fingerprint density at radius 2 is 2.13 bits per heavy atom. The van der Waals surface area contributed by atoms with E-state index in [0.717, 1.165) is 37.7 Å². The zero-order chi connectivity index (χ0) is 22.1. The smallest absolute Gasteiger partial charge is 0.248 e. The van der Waals surface area contributed by atoms with E-state index in [1.807, 2.05) is 6.92 Å². The molecule has 1 aromatic rings. The Hall–Kier alpha value is -1.94. The highest BCUT2D eigenvalue weighted by Crippen LogP contribution is 2.56. The lowest BCUT2D eigenvalue weighted by atomic mass is 9.50. The van der Waals surface area contributed by atoms with Crippen LogP contribution in [-0.4, -0.2) is 17.1 Å². The molecule has 5 atom stereocenters. The molecule has 2 aliphatic rings. The van der Waals surface area contributed by atoms with Crippen molar-refractivity contribution in [2.45, 2.75) is 65.9 Å². The van der Waals surface area contributed by atoms with Crippen molar-refractivity contribution in [3.63, 3.8) is 0 Å². The number of halogens is 1. The van der Waals surface area contributed by atoms with Gasteiger partial charge < -0.3 is 10.4 Å². The number of amides is 1. The standard InChI is InChI=1S/C26H36FNO2/c1-16(13-24(30)28-20-8-6-7-19(27)15-20)9-11-21-17(2)10-12-22-25(21)18(3)14-23(29)26(22,4)5/h6-8,13,15,18,21-23,25,29H,2,9-12,14H2,1,3-5H3,(H,28,30). The van der Waals surface area contributed by atoms with Crippen molar-refractivity contribution in [2.75, 3.05) is 5.32 Å². The summed E-state index contributed by atoms with van der Waals surface area (Å²) in [5, 5.41) is 13.4. The van der Waals surface area contributed by atoms with Gasteiger partial charge in [-0.25, -0.2) is 4.39 Å². The van der Waals surface area contributed by atoms with Gasteiger partial charge in [-0.15, -0.1) is 0 Å². The van der Waals surface area contributed by atoms with Crippen molar-refractivity contribution in [3.05, 3.63) is 53.9 Å². The van der Waals surface area contributed by atoms with Crippen molar-refractivity contribution in [1.82, 2.24) is 0 Å². The summed E-state index contributed by atoms with van der Waals surface area (Å²) < 4.78 is 13.3. The number of hydrogen-bond acceptors (Lipinski definition) is 2. The highest BCUT2D eigenvalue weighted by Gasteiger charge is 2.51. The van der Waals surface area contributed by atoms with Gasteiger partial charge in [0.05, 0.1) is 6.10 Å². The van der Waals surface area contributed by atoms with Crippen LogP contribution in [0.5, 0.6) is 0 Å². The van der Waals surface area contributed by atoms with Crippen LogP contribution in [0, 0.1) is 34.9 Å². The summed E-state index contributed by atoms with van der Waals surface area (Å²) in [4.78, 5) is 12.3. The van der Waals surface area contributed by atoms with Crippen LogP contribution in [0.4, 0.5) is 10.1 Å². The molecular weight excluding hydrogens is 377 g/mol. The van der Waals surface area contributed by atoms with Gasteiger partial charge in [0, 0.05) is 11.8 Å². The number of rotatable bonds is 5. The summed E-state index contributed by atoms with van der Waals surface area (Å²) in [7, 11) is 0. The number of hydrogen-bond donors (Lipinski definition) is 2. The molecule has 2 aliphatic carbocycles. The number of carbonyl (C=O) groups is 1. The van der Waals surface area contributed by atoms with Crippen LogP contribution in [-0.2, 0) is 4.79 Å². The molecule has 3 rings (SSSR count). The lowest BCUT2D eigenvalue weighted by molar-refractivity contribution is -0.112. The molecule has 0 radical (unpaired) electrons. The van der Waals surface area contributed by atoms with Gasteiger partial charge in [-0.1, -0.05) is 44.6 Å². The van der Waals surface area contributed by atoms with E-state index in [2.05, 4.69) is 32.7 Å². The first kappa shape index (κ1) is 22.7. The van der Waals surface area contributed by atoms with Crippen molar-refractivity contribution in [1.29, 1.82) is 0 Å². The van der Waals surface area contributed by atoms with Crippen LogP contribution >= 0.6 is 0 Å². The van der Waals surface area contributed by atoms with Gasteiger partial charge in [0.2, 0.25) is 5.91 Å². The highest BCUT2D eigenvalue weighted by molar-refractivity contribution is 5.99. The lowest BCUT2D eigenvalue weighted by Crippen LogP contribution is -2.52. The van der Waals surface area contributed by atoms with Gasteiger partial charge in [0.15, 0.2) is 0 Å². The second-order valence-electron chi connectivity index (χ2n) is 10.1. The van der Waals surface area contributed by atoms with E-state index in [1.165, 1.54) is 17.7 Å². The summed E-state index contributed by atoms with van der Waals surface area (Å²) in [5.41, 5.74) is 2.74. The lowest BCUT2D eigenvalue weighted by Gasteiger charge is -2.55. The number of aliphatic hydroxyl groups excluding tert-OH is 1. The molecule has 2 N–H and O–H groups in total. The largest absolute Gasteiger partial charge is 0.393 e. The Labute approximate surface area is 180 Å². The molecule has 3 nitrogen and oxygen atoms in total. The third-order valence-corrected chi connectivity index (χ3v) is 7.62. The Bertz CT molecular complexity index is 828. The quantitative estimate of drug-likeness (QED) is 0.451. The number of nitrogens with one attached hydrogen (secondary N) is 1. The average Bonchev–Trinajstić information content (AvgIpc) is 2.65. The van der Waals surface area contributed by atoms with Gasteiger partial charge in [0.25, 0.3) is 0 Å². The fourth-order valence-electron chi connectivity index (χ4n) is 5.81. The van der Waals surface area contributed by atoms with E-state index < -0.39 is 0 Å². The summed E-state index contributed by atoms with van der Waals surface area (Å²) in [6.07, 6.45) is 6.17. The average molecular weight is 414 g/mol. The van der Waals surface area contributed by atoms with E-state index in [4.69, 9.17) is 0 Å². The van der Waals surface area contributed by atoms with Gasteiger partial charge in [-0.2, -0.15) is 0 Å². The summed E-state index contributed by atoms with van der Waals surface area (Å²) in [6, 6.07) is 5.93. The normalized spacial score (nSPS) is 31.2. The molecule has 0 aliphatic heterocycles. The van der Waals surface area contributed by atoms with E-state index >= 15 is 0 Å². The molecule has 0 saturated heterocycles. The van der Waals surface area contributed by atoms with Crippen molar-refractivity contribution >= 4 is 11.6 Å². The molecule has 30 heavy (non-hydrogen) atoms. The fourth-order valence-corrected chi connectivity index (χ4v) is 5.81. The molecule has 0 heterocycles. The SMILES string of the molecule is C=C1CCC2C(C(C)CC(O)C2(C)C)C1CCC(C)=CC(=O)Nc1cccc(F)c1. The summed E-state index contributed by atoms with van der Waals surface area (Å²) >= 11 is 0. The van der Waals surface area contributed by atoms with Crippen molar-refractivity contribution < 1.29 is 14.3 Å². The predicted molar refractivity (Wildman–Crippen MR) is 120 cm³/mol. The maximum Gasteiger partial charge on any atom is 0.248 e. The molecule has 2 saturated carbocycles. The topological polar surface area (TPSA) is 49.3 Å². The maximum atomic E-state index is 13.3. The number of fused-ring (bicyclic) bond motifs is 1. The minimum Gasteiger partial charge on any atom is -0.393 e. The molecule has 4 heteroatoms. The molecule has 1 amide bonds. The fraction of sp³-hybridized carbons (Fsp3) is 0.577. The van der Waals surface area contributed by atoms with E-state index in [0.29, 0.717) is 29.4 Å². The van der Waals surface area contributed by atoms with Gasteiger partial charge in [-0.3, -0.25) is 4.79 Å². The Morgan fingerprint density at radius 1 is 1.40 bits per heavy atom. The highest BCUT2D eigenvalue weighted by atomic mass is 19.1. The van der Waals surface area contributed by atoms with Gasteiger partial charge in [0.1, 0.15) is 5.82 Å². The minimum atomic E-state index is -0.367. The van der Waals surface area contributed by atoms with Crippen molar-refractivity contribution in [2.24, 2.45) is 29.1 Å². The molecule has 0 spiro atoms. The number of allylic oxidation sites excluding steroid dienone is 2. The molecule has 5 unspecified atom stereocenters. The summed E-state index contributed by atoms with van der Waals surface area (Å²) in [6.45, 7) is 13.1. The maximum absolute atomic E-state index is 13.3. The Kier molecular flexibility index (Phi) is 6.86. The first-order valence-corrected chi connectivity index (χ1v) is 11.2. The molecule has 164 valence electrons. The molecule has 2 fully saturated rings. The molecule has 0 aromatic heterocycles. The monoisotopic (exact) mass is 413 g/mol. The van der Waals surface area contributed by atoms with Crippen LogP contribution in [0.25, 0.3) is 0 Å². The van der Waals surface area contributed by atoms with Gasteiger partial charge >= 0.3 is 0 Å². The van der Waals surface area contributed by atoms with Crippen LogP contribution in [0.2, 0.25) is 0 Å². The second-order valence-corrected chi connectivity index (χ2v) is 10.1. The third-order valence-electron chi connectivity index (χ3n) is 7.62. The van der Waals surface area contributed by atoms with E-state index in [9.17, 15) is 14.3 Å². The number of carbonyl (C=O) groups excluding carboxylic acids is 1. The third kappa shape index (κ3) is 4.85. The molecule has 1 aromatic carbocycles. The van der Waals surface area contributed by atoms with E-state index in [1.54, 1.807) is 18.2 Å². The predicted octanol–water partition coefficient (Wildman–Crippen LogP) is 6.12. The van der Waals surface area contributed by atoms with Crippen molar-refractivity contribution in [3.8, 4) is 0 Å². The molecular formula is C26H36FNO2. The van der Waals surface area contributed by atoms with Gasteiger partial charge in [-0.05, 0) is 86.3 Å². The Balaban J connectivity index is 1.65. The minimum absolute atomic E-state index is 0.0636. The second kappa shape index (κ2) is 9.05. The summed E-state index contributed by atoms with van der Waals surface area (Å²) in [5.74, 6) is 1.36. The number of aliphatic hydroxyl groups is 1. The van der Waals surface area contributed by atoms with Crippen LogP contribution in [0.3, 0.4) is 0 Å². The first-order chi connectivity index (χ1) is 14.1. The van der Waals surface area contributed by atoms with Crippen LogP contribution in [0.15, 0.2) is 48.1 Å². The number of benzene rings is 1. The zero-order valence-corrected chi connectivity index (χ0v) is 18.7. The van der Waals surface area contributed by atoms with Crippen LogP contribution < -0.4 is 5.32 Å². The Morgan fingerprint density at radius 3 is 2.83 bits per heavy atom. The zero-order valence-electron chi connectivity index (χ0n) is 18.7. The first-order valence-electron chi connectivity index (χ1n) is 11.2. The number of anilines is 1. The molecule has 0 bridgehead atoms.